The normalized spacial score (nSPS) is 17.8. The zero-order valence-electron chi connectivity index (χ0n) is 11.5. The Morgan fingerprint density at radius 1 is 1.35 bits per heavy atom. The second kappa shape index (κ2) is 5.32. The van der Waals surface area contributed by atoms with Gasteiger partial charge in [0.25, 0.3) is 0 Å². The van der Waals surface area contributed by atoms with Crippen LogP contribution in [0.1, 0.15) is 25.6 Å². The van der Waals surface area contributed by atoms with E-state index in [4.69, 9.17) is 20.8 Å². The molecule has 0 saturated carbocycles. The molecule has 1 atom stereocenters. The van der Waals surface area contributed by atoms with Crippen LogP contribution in [0.3, 0.4) is 0 Å². The predicted octanol–water partition coefficient (Wildman–Crippen LogP) is 3.07. The summed E-state index contributed by atoms with van der Waals surface area (Å²) in [4.78, 5) is 2.16. The van der Waals surface area contributed by atoms with Crippen LogP contribution in [0.4, 0.5) is 5.69 Å². The molecule has 1 aliphatic rings. The summed E-state index contributed by atoms with van der Waals surface area (Å²) < 4.78 is 11.4. The van der Waals surface area contributed by atoms with Crippen molar-refractivity contribution >= 4 is 17.3 Å². The molecule has 0 spiro atoms. The highest BCUT2D eigenvalue weighted by Crippen LogP contribution is 2.36. The first-order valence-corrected chi connectivity index (χ1v) is 7.06. The van der Waals surface area contributed by atoms with Crippen molar-refractivity contribution in [3.05, 3.63) is 35.0 Å². The van der Waals surface area contributed by atoms with Crippen LogP contribution in [0.25, 0.3) is 0 Å². The molecule has 2 aromatic rings. The molecule has 0 saturated heterocycles. The van der Waals surface area contributed by atoms with E-state index >= 15 is 0 Å². The third-order valence-corrected chi connectivity index (χ3v) is 3.44. The Balaban J connectivity index is 1.88. The highest BCUT2D eigenvalue weighted by molar-refractivity contribution is 6.30. The first-order valence-electron chi connectivity index (χ1n) is 6.68. The van der Waals surface area contributed by atoms with Crippen LogP contribution in [0.5, 0.6) is 5.75 Å². The molecule has 5 nitrogen and oxygen atoms in total. The fourth-order valence-electron chi connectivity index (χ4n) is 2.31. The maximum absolute atomic E-state index is 6.07. The average Bonchev–Trinajstić information content (AvgIpc) is 2.87. The zero-order chi connectivity index (χ0) is 14.1. The number of hydrogen-bond acceptors (Lipinski definition) is 5. The minimum Gasteiger partial charge on any atom is -0.487 e. The molecule has 2 heterocycles. The van der Waals surface area contributed by atoms with Gasteiger partial charge in [0, 0.05) is 11.4 Å². The Kier molecular flexibility index (Phi) is 3.53. The highest BCUT2D eigenvalue weighted by Gasteiger charge is 2.24. The number of fused-ring (bicyclic) bond motifs is 1. The van der Waals surface area contributed by atoms with Gasteiger partial charge < -0.3 is 14.1 Å². The summed E-state index contributed by atoms with van der Waals surface area (Å²) >= 11 is 6.07. The number of hydrogen-bond donors (Lipinski definition) is 0. The summed E-state index contributed by atoms with van der Waals surface area (Å²) in [6.45, 7) is 5.35. The Hall–Kier alpha value is -1.75. The van der Waals surface area contributed by atoms with E-state index in [9.17, 15) is 0 Å². The zero-order valence-corrected chi connectivity index (χ0v) is 12.2. The summed E-state index contributed by atoms with van der Waals surface area (Å²) in [6.07, 6.45) is 0.854. The molecule has 3 rings (SSSR count). The lowest BCUT2D eigenvalue weighted by Crippen LogP contribution is -2.38. The summed E-state index contributed by atoms with van der Waals surface area (Å²) in [5.74, 6) is 2.11. The van der Waals surface area contributed by atoms with E-state index in [0.717, 1.165) is 24.4 Å². The molecule has 1 aliphatic heterocycles. The number of aromatic nitrogens is 2. The summed E-state index contributed by atoms with van der Waals surface area (Å²) in [5, 5.41) is 8.75. The predicted molar refractivity (Wildman–Crippen MR) is 76.3 cm³/mol. The standard InChI is InChI=1S/C14H16ClN3O2/c1-3-13-16-17-14(20-13)8-18-7-9(2)19-12-5-4-10(15)6-11(12)18/h4-6,9H,3,7-8H2,1-2H3. The van der Waals surface area contributed by atoms with Gasteiger partial charge >= 0.3 is 0 Å². The molecule has 6 heteroatoms. The van der Waals surface area contributed by atoms with E-state index in [1.54, 1.807) is 0 Å². The summed E-state index contributed by atoms with van der Waals surface area (Å²) in [6, 6.07) is 5.63. The van der Waals surface area contributed by atoms with Crippen LogP contribution >= 0.6 is 11.6 Å². The van der Waals surface area contributed by atoms with E-state index in [-0.39, 0.29) is 6.10 Å². The molecule has 1 aromatic carbocycles. The SMILES string of the molecule is CCc1nnc(CN2CC(C)Oc3ccc(Cl)cc32)o1. The van der Waals surface area contributed by atoms with Crippen molar-refractivity contribution in [3.8, 4) is 5.75 Å². The van der Waals surface area contributed by atoms with Gasteiger partial charge in [-0.25, -0.2) is 0 Å². The molecule has 0 N–H and O–H groups in total. The van der Waals surface area contributed by atoms with Crippen LogP contribution in [-0.2, 0) is 13.0 Å². The average molecular weight is 294 g/mol. The van der Waals surface area contributed by atoms with E-state index in [1.807, 2.05) is 32.0 Å². The lowest BCUT2D eigenvalue weighted by atomic mass is 10.2. The molecule has 106 valence electrons. The minimum absolute atomic E-state index is 0.109. The van der Waals surface area contributed by atoms with E-state index < -0.39 is 0 Å². The van der Waals surface area contributed by atoms with Crippen LogP contribution in [0.15, 0.2) is 22.6 Å². The van der Waals surface area contributed by atoms with Gasteiger partial charge in [-0.15, -0.1) is 10.2 Å². The van der Waals surface area contributed by atoms with E-state index in [2.05, 4.69) is 15.1 Å². The van der Waals surface area contributed by atoms with Gasteiger partial charge in [0.1, 0.15) is 11.9 Å². The van der Waals surface area contributed by atoms with Crippen molar-refractivity contribution in [2.24, 2.45) is 0 Å². The lowest BCUT2D eigenvalue weighted by Gasteiger charge is -2.34. The third kappa shape index (κ3) is 2.58. The Morgan fingerprint density at radius 2 is 2.15 bits per heavy atom. The quantitative estimate of drug-likeness (QED) is 0.870. The molecule has 0 bridgehead atoms. The fraction of sp³-hybridized carbons (Fsp3) is 0.429. The van der Waals surface area contributed by atoms with Gasteiger partial charge in [0.05, 0.1) is 18.8 Å². The van der Waals surface area contributed by atoms with Crippen LogP contribution in [-0.4, -0.2) is 22.8 Å². The maximum Gasteiger partial charge on any atom is 0.235 e. The Morgan fingerprint density at radius 3 is 2.90 bits per heavy atom. The highest BCUT2D eigenvalue weighted by atomic mass is 35.5. The number of benzene rings is 1. The molecular formula is C14H16ClN3O2. The van der Waals surface area contributed by atoms with Crippen molar-refractivity contribution in [2.45, 2.75) is 32.9 Å². The Bertz CT molecular complexity index is 614. The molecule has 0 fully saturated rings. The smallest absolute Gasteiger partial charge is 0.235 e. The second-order valence-corrected chi connectivity index (χ2v) is 5.30. The topological polar surface area (TPSA) is 51.4 Å². The summed E-state index contributed by atoms with van der Waals surface area (Å²) in [7, 11) is 0. The van der Waals surface area contributed by atoms with Crippen molar-refractivity contribution in [3.63, 3.8) is 0 Å². The number of nitrogens with zero attached hydrogens (tertiary/aromatic N) is 3. The number of rotatable bonds is 3. The fourth-order valence-corrected chi connectivity index (χ4v) is 2.47. The molecule has 0 radical (unpaired) electrons. The van der Waals surface area contributed by atoms with Crippen LogP contribution in [0.2, 0.25) is 5.02 Å². The van der Waals surface area contributed by atoms with Crippen molar-refractivity contribution < 1.29 is 9.15 Å². The van der Waals surface area contributed by atoms with Gasteiger partial charge in [-0.1, -0.05) is 18.5 Å². The molecule has 0 aliphatic carbocycles. The van der Waals surface area contributed by atoms with Crippen LogP contribution in [0, 0.1) is 0 Å². The van der Waals surface area contributed by atoms with Gasteiger partial charge in [-0.2, -0.15) is 0 Å². The first-order chi connectivity index (χ1) is 9.65. The monoisotopic (exact) mass is 293 g/mol. The number of ether oxygens (including phenoxy) is 1. The second-order valence-electron chi connectivity index (χ2n) is 4.86. The molecule has 0 amide bonds. The van der Waals surface area contributed by atoms with Crippen LogP contribution < -0.4 is 9.64 Å². The molecule has 20 heavy (non-hydrogen) atoms. The van der Waals surface area contributed by atoms with Gasteiger partial charge in [-0.3, -0.25) is 0 Å². The minimum atomic E-state index is 0.109. The Labute approximate surface area is 122 Å². The third-order valence-electron chi connectivity index (χ3n) is 3.20. The summed E-state index contributed by atoms with van der Waals surface area (Å²) in [5.41, 5.74) is 0.965. The van der Waals surface area contributed by atoms with E-state index in [0.29, 0.717) is 23.3 Å². The molecule has 1 unspecified atom stereocenters. The lowest BCUT2D eigenvalue weighted by molar-refractivity contribution is 0.210. The number of anilines is 1. The maximum atomic E-state index is 6.07. The van der Waals surface area contributed by atoms with Gasteiger partial charge in [-0.05, 0) is 25.1 Å². The molecule has 1 aromatic heterocycles. The van der Waals surface area contributed by atoms with Gasteiger partial charge in [0.15, 0.2) is 0 Å². The number of halogens is 1. The largest absolute Gasteiger partial charge is 0.487 e. The first kappa shape index (κ1) is 13.2. The van der Waals surface area contributed by atoms with Gasteiger partial charge in [0.2, 0.25) is 11.8 Å². The van der Waals surface area contributed by atoms with Crippen molar-refractivity contribution in [1.82, 2.24) is 10.2 Å². The van der Waals surface area contributed by atoms with E-state index in [1.165, 1.54) is 0 Å². The number of aryl methyl sites for hydroxylation is 1. The molecular weight excluding hydrogens is 278 g/mol. The van der Waals surface area contributed by atoms with Crippen molar-refractivity contribution in [2.75, 3.05) is 11.4 Å². The van der Waals surface area contributed by atoms with Crippen molar-refractivity contribution in [1.29, 1.82) is 0 Å².